The van der Waals surface area contributed by atoms with Crippen LogP contribution in [0.4, 0.5) is 0 Å². The van der Waals surface area contributed by atoms with E-state index in [9.17, 15) is 9.59 Å². The fourth-order valence-corrected chi connectivity index (χ4v) is 2.94. The number of aromatic nitrogens is 2. The molecule has 2 aromatic heterocycles. The molecular formula is C9H9N3O3S2. The Labute approximate surface area is 104 Å². The first-order chi connectivity index (χ1) is 8.13. The van der Waals surface area contributed by atoms with Gasteiger partial charge in [0, 0.05) is 17.3 Å². The molecule has 2 heterocycles. The number of carboxylic acids is 1. The summed E-state index contributed by atoms with van der Waals surface area (Å²) in [5, 5.41) is 11.0. The lowest BCUT2D eigenvalue weighted by atomic mass is 10.4. The van der Waals surface area contributed by atoms with Crippen molar-refractivity contribution in [2.45, 2.75) is 11.1 Å². The van der Waals surface area contributed by atoms with Crippen molar-refractivity contribution in [2.24, 2.45) is 5.73 Å². The lowest BCUT2D eigenvalue weighted by Gasteiger charge is -2.03. The van der Waals surface area contributed by atoms with Gasteiger partial charge in [-0.3, -0.25) is 14.0 Å². The van der Waals surface area contributed by atoms with E-state index >= 15 is 0 Å². The number of carbonyl (C=O) groups excluding carboxylic acids is 1. The number of rotatable bonds is 5. The summed E-state index contributed by atoms with van der Waals surface area (Å²) in [4.78, 5) is 26.5. The molecule has 17 heavy (non-hydrogen) atoms. The zero-order chi connectivity index (χ0) is 12.4. The highest BCUT2D eigenvalue weighted by atomic mass is 32.2. The highest BCUT2D eigenvalue weighted by molar-refractivity contribution is 7.99. The van der Waals surface area contributed by atoms with Gasteiger partial charge in [-0.2, -0.15) is 0 Å². The third-order valence-electron chi connectivity index (χ3n) is 2.09. The van der Waals surface area contributed by atoms with E-state index in [1.807, 2.05) is 5.38 Å². The molecule has 0 fully saturated rings. The second-order valence-electron chi connectivity index (χ2n) is 3.23. The molecular weight excluding hydrogens is 262 g/mol. The maximum atomic E-state index is 11.0. The Balaban J connectivity index is 2.20. The Kier molecular flexibility index (Phi) is 3.46. The third kappa shape index (κ3) is 2.33. The predicted molar refractivity (Wildman–Crippen MR) is 64.8 cm³/mol. The minimum absolute atomic E-state index is 0.182. The summed E-state index contributed by atoms with van der Waals surface area (Å²) in [6, 6.07) is -0.959. The van der Waals surface area contributed by atoms with Crippen LogP contribution in [0.15, 0.2) is 16.6 Å². The fraction of sp³-hybridized carbons (Fsp3) is 0.222. The van der Waals surface area contributed by atoms with Gasteiger partial charge in [0.25, 0.3) is 0 Å². The van der Waals surface area contributed by atoms with Crippen molar-refractivity contribution in [1.82, 2.24) is 9.38 Å². The van der Waals surface area contributed by atoms with Gasteiger partial charge in [0.1, 0.15) is 16.8 Å². The Morgan fingerprint density at radius 1 is 1.76 bits per heavy atom. The average molecular weight is 271 g/mol. The monoisotopic (exact) mass is 271 g/mol. The number of thiazole rings is 1. The molecule has 0 aliphatic rings. The minimum Gasteiger partial charge on any atom is -0.480 e. The second kappa shape index (κ2) is 4.86. The van der Waals surface area contributed by atoms with Crippen molar-refractivity contribution in [3.63, 3.8) is 0 Å². The summed E-state index contributed by atoms with van der Waals surface area (Å²) < 4.78 is 1.67. The lowest BCUT2D eigenvalue weighted by Crippen LogP contribution is -2.32. The zero-order valence-corrected chi connectivity index (χ0v) is 10.2. The molecule has 6 nitrogen and oxygen atoms in total. The maximum Gasteiger partial charge on any atom is 0.321 e. The van der Waals surface area contributed by atoms with Gasteiger partial charge in [0.15, 0.2) is 11.2 Å². The molecule has 2 aromatic rings. The van der Waals surface area contributed by atoms with Gasteiger partial charge in [-0.1, -0.05) is 0 Å². The molecule has 8 heteroatoms. The number of imidazole rings is 1. The molecule has 0 amide bonds. The number of aliphatic carboxylic acids is 1. The van der Waals surface area contributed by atoms with Gasteiger partial charge in [0.2, 0.25) is 0 Å². The van der Waals surface area contributed by atoms with Crippen molar-refractivity contribution in [1.29, 1.82) is 0 Å². The number of thioether (sulfide) groups is 1. The first kappa shape index (κ1) is 12.1. The normalized spacial score (nSPS) is 12.8. The van der Waals surface area contributed by atoms with Crippen molar-refractivity contribution >= 4 is 40.3 Å². The van der Waals surface area contributed by atoms with Crippen LogP contribution in [0.2, 0.25) is 0 Å². The Morgan fingerprint density at radius 2 is 2.53 bits per heavy atom. The van der Waals surface area contributed by atoms with Gasteiger partial charge < -0.3 is 10.8 Å². The van der Waals surface area contributed by atoms with E-state index < -0.39 is 12.0 Å². The Morgan fingerprint density at radius 3 is 3.18 bits per heavy atom. The molecule has 0 bridgehead atoms. The summed E-state index contributed by atoms with van der Waals surface area (Å²) in [5.41, 5.74) is 5.82. The van der Waals surface area contributed by atoms with Crippen LogP contribution in [0.1, 0.15) is 10.5 Å². The Bertz CT molecular complexity index is 563. The third-order valence-corrected chi connectivity index (χ3v) is 3.95. The lowest BCUT2D eigenvalue weighted by molar-refractivity contribution is -0.137. The standard InChI is InChI=1S/C9H9N3O3S2/c10-5(8(14)15)4-17-7-6(3-13)12-1-2-16-9(12)11-7/h1-3,5H,4,10H2,(H,14,15). The molecule has 0 aromatic carbocycles. The number of hydrogen-bond donors (Lipinski definition) is 2. The minimum atomic E-state index is -1.06. The number of carbonyl (C=O) groups is 2. The van der Waals surface area contributed by atoms with Gasteiger partial charge >= 0.3 is 5.97 Å². The maximum absolute atomic E-state index is 11.0. The van der Waals surface area contributed by atoms with Crippen LogP contribution in [0.25, 0.3) is 4.96 Å². The van der Waals surface area contributed by atoms with Crippen molar-refractivity contribution in [3.8, 4) is 0 Å². The summed E-state index contributed by atoms with van der Waals surface area (Å²) >= 11 is 2.59. The molecule has 0 radical (unpaired) electrons. The summed E-state index contributed by atoms with van der Waals surface area (Å²) in [7, 11) is 0. The Hall–Kier alpha value is -1.38. The van der Waals surface area contributed by atoms with Crippen LogP contribution in [0, 0.1) is 0 Å². The highest BCUT2D eigenvalue weighted by Gasteiger charge is 2.17. The molecule has 0 saturated carbocycles. The molecule has 0 spiro atoms. The van der Waals surface area contributed by atoms with Gasteiger partial charge in [-0.15, -0.1) is 23.1 Å². The summed E-state index contributed by atoms with van der Waals surface area (Å²) in [5.74, 6) is -0.882. The second-order valence-corrected chi connectivity index (χ2v) is 5.11. The number of hydrogen-bond acceptors (Lipinski definition) is 6. The zero-order valence-electron chi connectivity index (χ0n) is 8.57. The van der Waals surface area contributed by atoms with E-state index in [4.69, 9.17) is 10.8 Å². The van der Waals surface area contributed by atoms with E-state index in [0.717, 1.165) is 0 Å². The van der Waals surface area contributed by atoms with E-state index in [0.29, 0.717) is 22.0 Å². The van der Waals surface area contributed by atoms with Crippen LogP contribution in [0.5, 0.6) is 0 Å². The first-order valence-electron chi connectivity index (χ1n) is 4.65. The highest BCUT2D eigenvalue weighted by Crippen LogP contribution is 2.24. The van der Waals surface area contributed by atoms with Crippen molar-refractivity contribution in [3.05, 3.63) is 17.3 Å². The quantitative estimate of drug-likeness (QED) is 0.614. The number of nitrogens with two attached hydrogens (primary N) is 1. The van der Waals surface area contributed by atoms with E-state index in [2.05, 4.69) is 4.98 Å². The topological polar surface area (TPSA) is 97.7 Å². The summed E-state index contributed by atoms with van der Waals surface area (Å²) in [6.07, 6.45) is 2.46. The number of nitrogens with zero attached hydrogens (tertiary/aromatic N) is 2. The summed E-state index contributed by atoms with van der Waals surface area (Å²) in [6.45, 7) is 0. The molecule has 1 unspecified atom stereocenters. The van der Waals surface area contributed by atoms with E-state index in [1.54, 1.807) is 10.6 Å². The average Bonchev–Trinajstić information content (AvgIpc) is 2.84. The number of carboxylic acid groups (broad SMARTS) is 1. The molecule has 3 N–H and O–H groups in total. The molecule has 90 valence electrons. The molecule has 0 aliphatic heterocycles. The van der Waals surface area contributed by atoms with Gasteiger partial charge in [-0.05, 0) is 0 Å². The van der Waals surface area contributed by atoms with Crippen LogP contribution in [-0.4, -0.2) is 38.5 Å². The number of aldehydes is 1. The van der Waals surface area contributed by atoms with Gasteiger partial charge in [-0.25, -0.2) is 4.98 Å². The molecule has 2 rings (SSSR count). The van der Waals surface area contributed by atoms with Crippen LogP contribution >= 0.6 is 23.1 Å². The molecule has 0 saturated heterocycles. The molecule has 0 aliphatic carbocycles. The molecule has 1 atom stereocenters. The number of fused-ring (bicyclic) bond motifs is 1. The van der Waals surface area contributed by atoms with Gasteiger partial charge in [0.05, 0.1) is 0 Å². The smallest absolute Gasteiger partial charge is 0.321 e. The predicted octanol–water partition coefficient (Wildman–Crippen LogP) is 0.712. The fourth-order valence-electron chi connectivity index (χ4n) is 1.24. The first-order valence-corrected chi connectivity index (χ1v) is 6.52. The largest absolute Gasteiger partial charge is 0.480 e. The van der Waals surface area contributed by atoms with Crippen molar-refractivity contribution < 1.29 is 14.7 Å². The van der Waals surface area contributed by atoms with E-state index in [1.165, 1.54) is 23.1 Å². The van der Waals surface area contributed by atoms with Crippen LogP contribution in [-0.2, 0) is 4.79 Å². The van der Waals surface area contributed by atoms with Crippen LogP contribution < -0.4 is 5.73 Å². The van der Waals surface area contributed by atoms with Crippen LogP contribution in [0.3, 0.4) is 0 Å². The van der Waals surface area contributed by atoms with E-state index in [-0.39, 0.29) is 5.75 Å². The van der Waals surface area contributed by atoms with Crippen molar-refractivity contribution in [2.75, 3.05) is 5.75 Å². The SMILES string of the molecule is NC(CSc1nc2sccn2c1C=O)C(=O)O.